The van der Waals surface area contributed by atoms with Crippen molar-refractivity contribution in [2.75, 3.05) is 11.7 Å². The lowest BCUT2D eigenvalue weighted by Gasteiger charge is -2.43. The standard InChI is InChI=1S/C35H42N2O5SSi/c1-33(2,3)40-32(39)37(42-34(4,5)6)31-36-30-28(23-25(17-16-22-38)24-29(30)43-31)41-44(35(7,8)9,26-18-12-10-13-19-26)27-20-14-11-15-21-27/h10-15,18-21,23-24,38H,22H2,1-9H3. The van der Waals surface area contributed by atoms with E-state index in [4.69, 9.17) is 19.0 Å². The number of nitrogens with zero attached hydrogens (tertiary/aromatic N) is 2. The highest BCUT2D eigenvalue weighted by Gasteiger charge is 2.52. The van der Waals surface area contributed by atoms with Crippen molar-refractivity contribution >= 4 is 51.5 Å². The minimum Gasteiger partial charge on any atom is -0.532 e. The number of thiazole rings is 1. The van der Waals surface area contributed by atoms with Gasteiger partial charge in [0.25, 0.3) is 0 Å². The maximum Gasteiger partial charge on any atom is 0.441 e. The Balaban J connectivity index is 1.99. The number of fused-ring (bicyclic) bond motifs is 1. The topological polar surface area (TPSA) is 81.1 Å². The Morgan fingerprint density at radius 2 is 1.45 bits per heavy atom. The van der Waals surface area contributed by atoms with Crippen LogP contribution in [0.4, 0.5) is 9.93 Å². The summed E-state index contributed by atoms with van der Waals surface area (Å²) < 4.78 is 13.8. The van der Waals surface area contributed by atoms with E-state index in [1.807, 2.05) is 69.3 Å². The van der Waals surface area contributed by atoms with E-state index in [9.17, 15) is 9.90 Å². The average Bonchev–Trinajstić information content (AvgIpc) is 3.36. The number of anilines is 1. The number of ether oxygens (including phenoxy) is 1. The number of hydroxylamine groups is 1. The molecule has 0 saturated carbocycles. The predicted molar refractivity (Wildman–Crippen MR) is 181 cm³/mol. The lowest BCUT2D eigenvalue weighted by molar-refractivity contribution is -0.0355. The van der Waals surface area contributed by atoms with E-state index in [0.29, 0.717) is 22.0 Å². The number of amides is 1. The third-order valence-corrected chi connectivity index (χ3v) is 12.4. The van der Waals surface area contributed by atoms with E-state index in [1.165, 1.54) is 11.3 Å². The van der Waals surface area contributed by atoms with E-state index < -0.39 is 25.6 Å². The molecule has 4 rings (SSSR count). The number of aromatic nitrogens is 1. The first-order valence-electron chi connectivity index (χ1n) is 14.6. The molecule has 9 heteroatoms. The van der Waals surface area contributed by atoms with E-state index >= 15 is 0 Å². The number of aliphatic hydroxyl groups is 1. The van der Waals surface area contributed by atoms with Crippen LogP contribution < -0.4 is 19.9 Å². The Kier molecular flexibility index (Phi) is 9.62. The fourth-order valence-corrected chi connectivity index (χ4v) is 10.3. The van der Waals surface area contributed by atoms with Crippen LogP contribution in [0.5, 0.6) is 5.75 Å². The first-order chi connectivity index (χ1) is 20.5. The average molecular weight is 631 g/mol. The van der Waals surface area contributed by atoms with Gasteiger partial charge in [0.2, 0.25) is 5.13 Å². The van der Waals surface area contributed by atoms with Crippen LogP contribution in [0, 0.1) is 11.8 Å². The van der Waals surface area contributed by atoms with Gasteiger partial charge >= 0.3 is 14.4 Å². The van der Waals surface area contributed by atoms with Crippen LogP contribution >= 0.6 is 11.3 Å². The van der Waals surface area contributed by atoms with Crippen LogP contribution in [0.15, 0.2) is 72.8 Å². The summed E-state index contributed by atoms with van der Waals surface area (Å²) in [5.41, 5.74) is -0.201. The highest BCUT2D eigenvalue weighted by Crippen LogP contribution is 2.42. The van der Waals surface area contributed by atoms with Crippen LogP contribution in [-0.2, 0) is 9.57 Å². The monoisotopic (exact) mass is 630 g/mol. The molecule has 44 heavy (non-hydrogen) atoms. The molecule has 0 fully saturated rings. The molecule has 7 nitrogen and oxygen atoms in total. The Morgan fingerprint density at radius 3 is 1.93 bits per heavy atom. The van der Waals surface area contributed by atoms with Crippen molar-refractivity contribution in [2.24, 2.45) is 0 Å². The third kappa shape index (κ3) is 7.51. The summed E-state index contributed by atoms with van der Waals surface area (Å²) in [6.45, 7) is 17.3. The fraction of sp³-hybridized carbons (Fsp3) is 0.371. The molecule has 0 bridgehead atoms. The van der Waals surface area contributed by atoms with Gasteiger partial charge < -0.3 is 14.3 Å². The van der Waals surface area contributed by atoms with Gasteiger partial charge in [-0.1, -0.05) is 105 Å². The van der Waals surface area contributed by atoms with Gasteiger partial charge in [-0.3, -0.25) is 4.84 Å². The zero-order valence-electron chi connectivity index (χ0n) is 27.0. The fourth-order valence-electron chi connectivity index (χ4n) is 4.91. The number of rotatable bonds is 6. The number of aliphatic hydroxyl groups excluding tert-OH is 1. The Morgan fingerprint density at radius 1 is 0.886 bits per heavy atom. The SMILES string of the molecule is CC(C)(C)OC(=O)N(OC(C)(C)C)c1nc2c(O[Si](c3ccccc3)(c3ccccc3)C(C)(C)C)cc(C#CCO)cc2s1. The summed E-state index contributed by atoms with van der Waals surface area (Å²) in [6.07, 6.45) is -0.666. The minimum absolute atomic E-state index is 0.275. The smallest absolute Gasteiger partial charge is 0.441 e. The Hall–Kier alpha value is -3.68. The first-order valence-corrected chi connectivity index (χ1v) is 17.3. The number of hydrogen-bond donors (Lipinski definition) is 1. The van der Waals surface area contributed by atoms with Crippen LogP contribution in [0.2, 0.25) is 5.04 Å². The zero-order valence-corrected chi connectivity index (χ0v) is 28.8. The summed E-state index contributed by atoms with van der Waals surface area (Å²) in [7, 11) is -3.04. The Bertz CT molecular complexity index is 1620. The summed E-state index contributed by atoms with van der Waals surface area (Å²) in [5, 5.41) is 12.8. The molecule has 1 heterocycles. The van der Waals surface area contributed by atoms with Crippen molar-refractivity contribution in [1.82, 2.24) is 4.98 Å². The second-order valence-electron chi connectivity index (χ2n) is 13.5. The molecule has 0 spiro atoms. The van der Waals surface area contributed by atoms with Crippen molar-refractivity contribution in [3.8, 4) is 17.6 Å². The highest BCUT2D eigenvalue weighted by molar-refractivity contribution is 7.22. The molecule has 232 valence electrons. The lowest BCUT2D eigenvalue weighted by atomic mass is 10.2. The molecule has 0 aliphatic carbocycles. The molecule has 1 aromatic heterocycles. The number of hydrogen-bond acceptors (Lipinski definition) is 7. The van der Waals surface area contributed by atoms with Gasteiger partial charge in [-0.2, -0.15) is 0 Å². The molecule has 1 N–H and O–H groups in total. The molecule has 0 aliphatic heterocycles. The predicted octanol–water partition coefficient (Wildman–Crippen LogP) is 7.05. The van der Waals surface area contributed by atoms with Crippen molar-refractivity contribution < 1.29 is 23.9 Å². The minimum atomic E-state index is -3.04. The third-order valence-electron chi connectivity index (χ3n) is 6.54. The maximum absolute atomic E-state index is 13.4. The van der Waals surface area contributed by atoms with E-state index in [1.54, 1.807) is 20.8 Å². The molecule has 0 atom stereocenters. The second-order valence-corrected chi connectivity index (χ2v) is 18.8. The Labute approximate surface area is 265 Å². The van der Waals surface area contributed by atoms with Crippen LogP contribution in [0.1, 0.15) is 67.9 Å². The van der Waals surface area contributed by atoms with Crippen molar-refractivity contribution in [3.05, 3.63) is 78.4 Å². The van der Waals surface area contributed by atoms with E-state index in [-0.39, 0.29) is 11.6 Å². The molecule has 3 aromatic carbocycles. The second kappa shape index (κ2) is 12.7. The molecule has 0 unspecified atom stereocenters. The van der Waals surface area contributed by atoms with Gasteiger partial charge in [-0.15, -0.1) is 5.06 Å². The van der Waals surface area contributed by atoms with Gasteiger partial charge in [0.15, 0.2) is 0 Å². The molecule has 1 amide bonds. The summed E-state index contributed by atoms with van der Waals surface area (Å²) >= 11 is 1.28. The van der Waals surface area contributed by atoms with Gasteiger partial charge in [0, 0.05) is 5.56 Å². The highest BCUT2D eigenvalue weighted by atomic mass is 32.1. The summed E-state index contributed by atoms with van der Waals surface area (Å²) in [4.78, 5) is 24.5. The van der Waals surface area contributed by atoms with Crippen LogP contribution in [-0.4, -0.2) is 42.3 Å². The molecule has 4 aromatic rings. The van der Waals surface area contributed by atoms with E-state index in [2.05, 4.69) is 56.9 Å². The van der Waals surface area contributed by atoms with Gasteiger partial charge in [-0.25, -0.2) is 9.78 Å². The van der Waals surface area contributed by atoms with Crippen LogP contribution in [0.3, 0.4) is 0 Å². The van der Waals surface area contributed by atoms with Gasteiger partial charge in [-0.05, 0) is 69.1 Å². The van der Waals surface area contributed by atoms with Crippen LogP contribution in [0.25, 0.3) is 10.2 Å². The largest absolute Gasteiger partial charge is 0.532 e. The van der Waals surface area contributed by atoms with Crippen molar-refractivity contribution in [1.29, 1.82) is 0 Å². The molecule has 0 saturated heterocycles. The molecule has 0 aliphatic rings. The lowest BCUT2D eigenvalue weighted by Crippen LogP contribution is -2.68. The summed E-state index contributed by atoms with van der Waals surface area (Å²) in [5.74, 6) is 6.34. The quantitative estimate of drug-likeness (QED) is 0.140. The first kappa shape index (κ1) is 33.2. The molecular weight excluding hydrogens is 589 g/mol. The maximum atomic E-state index is 13.4. The number of carbonyl (C=O) groups is 1. The summed E-state index contributed by atoms with van der Waals surface area (Å²) in [6, 6.07) is 24.5. The van der Waals surface area contributed by atoms with E-state index in [0.717, 1.165) is 20.1 Å². The van der Waals surface area contributed by atoms with Crippen molar-refractivity contribution in [3.63, 3.8) is 0 Å². The molecule has 0 radical (unpaired) electrons. The molecular formula is C35H42N2O5SSi. The number of carbonyl (C=O) groups excluding carboxylic acids is 1. The van der Waals surface area contributed by atoms with Crippen molar-refractivity contribution in [2.45, 2.75) is 78.6 Å². The normalized spacial score (nSPS) is 12.4. The number of benzene rings is 3. The van der Waals surface area contributed by atoms with Gasteiger partial charge in [0.1, 0.15) is 23.5 Å². The zero-order chi connectivity index (χ0) is 32.3. The van der Waals surface area contributed by atoms with Gasteiger partial charge in [0.05, 0.1) is 10.3 Å².